The highest BCUT2D eigenvalue weighted by Gasteiger charge is 2.44. The van der Waals surface area contributed by atoms with Gasteiger partial charge >= 0.3 is 0 Å². The van der Waals surface area contributed by atoms with E-state index in [1.807, 2.05) is 19.9 Å². The molecule has 2 aromatic carbocycles. The van der Waals surface area contributed by atoms with Gasteiger partial charge in [0.1, 0.15) is 11.5 Å². The maximum atomic E-state index is 13.0. The Labute approximate surface area is 176 Å². The Kier molecular flexibility index (Phi) is 6.15. The van der Waals surface area contributed by atoms with Crippen LogP contribution >= 0.6 is 0 Å². The number of Topliss-reactive ketones (excluding diaryl/α,β-unsaturated/α-hetero) is 1. The van der Waals surface area contributed by atoms with Gasteiger partial charge < -0.3 is 14.6 Å². The van der Waals surface area contributed by atoms with Crippen LogP contribution in [0.15, 0.2) is 59.9 Å². The first kappa shape index (κ1) is 21.4. The minimum Gasteiger partial charge on any atom is -0.503 e. The molecule has 0 aromatic heterocycles. The van der Waals surface area contributed by atoms with Crippen molar-refractivity contribution in [1.29, 1.82) is 0 Å². The normalized spacial score (nSPS) is 16.6. The van der Waals surface area contributed by atoms with Crippen molar-refractivity contribution < 1.29 is 24.2 Å². The molecule has 30 heavy (non-hydrogen) atoms. The number of nitrogens with zero attached hydrogens (tertiary/aromatic N) is 1. The van der Waals surface area contributed by atoms with E-state index in [0.29, 0.717) is 22.7 Å². The number of hydrogen-bond donors (Lipinski definition) is 1. The van der Waals surface area contributed by atoms with Crippen LogP contribution in [0.4, 0.5) is 5.69 Å². The zero-order chi connectivity index (χ0) is 22.0. The number of carbonyl (C=O) groups excluding carboxylic acids is 2. The quantitative estimate of drug-likeness (QED) is 0.723. The number of anilines is 1. The molecule has 0 aliphatic carbocycles. The fourth-order valence-electron chi connectivity index (χ4n) is 3.52. The van der Waals surface area contributed by atoms with Gasteiger partial charge in [-0.1, -0.05) is 26.0 Å². The van der Waals surface area contributed by atoms with E-state index in [1.165, 1.54) is 4.90 Å². The van der Waals surface area contributed by atoms with Gasteiger partial charge in [0.05, 0.1) is 24.8 Å². The number of aliphatic hydroxyl groups is 1. The van der Waals surface area contributed by atoms with Crippen molar-refractivity contribution in [2.45, 2.75) is 39.8 Å². The number of amides is 1. The number of rotatable bonds is 7. The molecule has 3 rings (SSSR count). The standard InChI is InChI=1S/C24H27NO5/c1-14(2)22(26)20-21(16-7-6-8-19(13-16)29-5)25(24(28)23(20)27)17-9-11-18(12-10-17)30-15(3)4/h6-15,21,27H,1-5H3. The molecule has 1 N–H and O–H groups in total. The van der Waals surface area contributed by atoms with E-state index < -0.39 is 17.7 Å². The van der Waals surface area contributed by atoms with Gasteiger partial charge in [-0.15, -0.1) is 0 Å². The number of ether oxygens (including phenoxy) is 2. The topological polar surface area (TPSA) is 76.1 Å². The lowest BCUT2D eigenvalue weighted by molar-refractivity contribution is -0.119. The van der Waals surface area contributed by atoms with Gasteiger partial charge in [0, 0.05) is 11.6 Å². The fraction of sp³-hybridized carbons (Fsp3) is 0.333. The van der Waals surface area contributed by atoms with Crippen LogP contribution in [-0.2, 0) is 9.59 Å². The van der Waals surface area contributed by atoms with Crippen LogP contribution in [0.2, 0.25) is 0 Å². The third-order valence-electron chi connectivity index (χ3n) is 4.89. The number of aliphatic hydroxyl groups excluding tert-OH is 1. The van der Waals surface area contributed by atoms with Crippen molar-refractivity contribution in [3.8, 4) is 11.5 Å². The summed E-state index contributed by atoms with van der Waals surface area (Å²) in [6.07, 6.45) is 0.0229. The first-order valence-corrected chi connectivity index (χ1v) is 9.96. The zero-order valence-electron chi connectivity index (χ0n) is 17.9. The Morgan fingerprint density at radius 2 is 1.70 bits per heavy atom. The summed E-state index contributed by atoms with van der Waals surface area (Å²) in [5, 5.41) is 10.7. The smallest absolute Gasteiger partial charge is 0.294 e. The highest BCUT2D eigenvalue weighted by atomic mass is 16.5. The summed E-state index contributed by atoms with van der Waals surface area (Å²) < 4.78 is 11.0. The lowest BCUT2D eigenvalue weighted by Gasteiger charge is -2.27. The predicted octanol–water partition coefficient (Wildman–Crippen LogP) is 4.61. The van der Waals surface area contributed by atoms with Crippen molar-refractivity contribution in [2.75, 3.05) is 12.0 Å². The van der Waals surface area contributed by atoms with Crippen molar-refractivity contribution in [1.82, 2.24) is 0 Å². The average molecular weight is 409 g/mol. The Morgan fingerprint density at radius 3 is 2.27 bits per heavy atom. The van der Waals surface area contributed by atoms with Crippen LogP contribution in [0.3, 0.4) is 0 Å². The van der Waals surface area contributed by atoms with Gasteiger partial charge in [0.2, 0.25) is 0 Å². The van der Waals surface area contributed by atoms with E-state index in [1.54, 1.807) is 63.4 Å². The Bertz CT molecular complexity index is 975. The lowest BCUT2D eigenvalue weighted by Crippen LogP contribution is -2.31. The Balaban J connectivity index is 2.11. The molecule has 1 aliphatic heterocycles. The molecule has 0 spiro atoms. The Morgan fingerprint density at radius 1 is 1.03 bits per heavy atom. The van der Waals surface area contributed by atoms with Gasteiger partial charge in [-0.2, -0.15) is 0 Å². The number of hydrogen-bond acceptors (Lipinski definition) is 5. The highest BCUT2D eigenvalue weighted by molar-refractivity contribution is 6.16. The van der Waals surface area contributed by atoms with Gasteiger partial charge in [-0.25, -0.2) is 0 Å². The summed E-state index contributed by atoms with van der Waals surface area (Å²) in [4.78, 5) is 27.4. The molecule has 0 saturated heterocycles. The van der Waals surface area contributed by atoms with Crippen LogP contribution in [0.5, 0.6) is 11.5 Å². The zero-order valence-corrected chi connectivity index (χ0v) is 17.9. The first-order chi connectivity index (χ1) is 14.2. The van der Waals surface area contributed by atoms with Crippen LogP contribution in [0.25, 0.3) is 0 Å². The molecular weight excluding hydrogens is 382 g/mol. The Hall–Kier alpha value is -3.28. The third-order valence-corrected chi connectivity index (χ3v) is 4.89. The molecule has 1 amide bonds. The largest absolute Gasteiger partial charge is 0.503 e. The molecule has 1 aliphatic rings. The molecule has 0 radical (unpaired) electrons. The second-order valence-corrected chi connectivity index (χ2v) is 7.80. The van der Waals surface area contributed by atoms with E-state index in [0.717, 1.165) is 0 Å². The molecule has 0 saturated carbocycles. The molecular formula is C24H27NO5. The van der Waals surface area contributed by atoms with Crippen molar-refractivity contribution in [3.05, 3.63) is 65.4 Å². The van der Waals surface area contributed by atoms with Crippen molar-refractivity contribution in [3.63, 3.8) is 0 Å². The van der Waals surface area contributed by atoms with Gasteiger partial charge in [0.15, 0.2) is 11.5 Å². The highest BCUT2D eigenvalue weighted by Crippen LogP contribution is 2.42. The monoisotopic (exact) mass is 409 g/mol. The van der Waals surface area contributed by atoms with E-state index in [-0.39, 0.29) is 23.4 Å². The van der Waals surface area contributed by atoms with Crippen molar-refractivity contribution >= 4 is 17.4 Å². The van der Waals surface area contributed by atoms with Gasteiger partial charge in [0.25, 0.3) is 5.91 Å². The van der Waals surface area contributed by atoms with Crippen molar-refractivity contribution in [2.24, 2.45) is 5.92 Å². The molecule has 0 bridgehead atoms. The molecule has 1 heterocycles. The van der Waals surface area contributed by atoms with E-state index in [9.17, 15) is 14.7 Å². The van der Waals surface area contributed by atoms with Gasteiger partial charge in [-0.05, 0) is 55.8 Å². The minimum atomic E-state index is -0.751. The molecule has 2 aromatic rings. The summed E-state index contributed by atoms with van der Waals surface area (Å²) >= 11 is 0. The van der Waals surface area contributed by atoms with E-state index >= 15 is 0 Å². The predicted molar refractivity (Wildman–Crippen MR) is 115 cm³/mol. The van der Waals surface area contributed by atoms with Crippen LogP contribution in [0, 0.1) is 5.92 Å². The van der Waals surface area contributed by atoms with Crippen LogP contribution < -0.4 is 14.4 Å². The molecule has 0 fully saturated rings. The number of carbonyl (C=O) groups is 2. The average Bonchev–Trinajstić information content (AvgIpc) is 2.98. The van der Waals surface area contributed by atoms with Gasteiger partial charge in [-0.3, -0.25) is 14.5 Å². The maximum Gasteiger partial charge on any atom is 0.294 e. The number of benzene rings is 2. The maximum absolute atomic E-state index is 13.0. The summed E-state index contributed by atoms with van der Waals surface area (Å²) in [7, 11) is 1.55. The first-order valence-electron chi connectivity index (χ1n) is 9.96. The summed E-state index contributed by atoms with van der Waals surface area (Å²) in [6, 6.07) is 13.5. The van der Waals surface area contributed by atoms with Crippen LogP contribution in [0.1, 0.15) is 39.3 Å². The third kappa shape index (κ3) is 4.03. The minimum absolute atomic E-state index is 0.0229. The number of ketones is 1. The second-order valence-electron chi connectivity index (χ2n) is 7.80. The lowest BCUT2D eigenvalue weighted by atomic mass is 9.91. The molecule has 6 nitrogen and oxygen atoms in total. The molecule has 1 atom stereocenters. The molecule has 158 valence electrons. The van der Waals surface area contributed by atoms with E-state index in [2.05, 4.69) is 0 Å². The summed E-state index contributed by atoms with van der Waals surface area (Å²) in [6.45, 7) is 7.36. The van der Waals surface area contributed by atoms with Crippen LogP contribution in [-0.4, -0.2) is 30.0 Å². The number of methoxy groups -OCH3 is 1. The summed E-state index contributed by atoms with van der Waals surface area (Å²) in [5.74, 6) is -0.480. The SMILES string of the molecule is COc1cccc(C2C(C(=O)C(C)C)=C(O)C(=O)N2c2ccc(OC(C)C)cc2)c1. The summed E-state index contributed by atoms with van der Waals surface area (Å²) in [5.41, 5.74) is 1.34. The molecule has 6 heteroatoms. The van der Waals surface area contributed by atoms with E-state index in [4.69, 9.17) is 9.47 Å². The fourth-order valence-corrected chi connectivity index (χ4v) is 3.52. The molecule has 1 unspecified atom stereocenters. The second kappa shape index (κ2) is 8.61.